The molecule has 1 amide bonds. The lowest BCUT2D eigenvalue weighted by atomic mass is 10.3. The van der Waals surface area contributed by atoms with Crippen LogP contribution in [0.2, 0.25) is 0 Å². The maximum absolute atomic E-state index is 12.3. The van der Waals surface area contributed by atoms with Crippen LogP contribution in [-0.2, 0) is 0 Å². The lowest BCUT2D eigenvalue weighted by Crippen LogP contribution is -2.48. The standard InChI is InChI=1S/C14H21N5O/c1-2-18-5-7-19(8-6-18)14(20)12-9-16-13(10-15-12)17-11-3-4-11/h9-11H,2-8H2,1H3,(H,16,17). The molecule has 1 saturated carbocycles. The maximum atomic E-state index is 12.3. The van der Waals surface area contributed by atoms with Crippen molar-refractivity contribution >= 4 is 11.7 Å². The zero-order chi connectivity index (χ0) is 13.9. The number of carbonyl (C=O) groups excluding carboxylic acids is 1. The van der Waals surface area contributed by atoms with Crippen LogP contribution >= 0.6 is 0 Å². The van der Waals surface area contributed by atoms with Gasteiger partial charge in [-0.2, -0.15) is 0 Å². The number of anilines is 1. The van der Waals surface area contributed by atoms with Gasteiger partial charge in [0, 0.05) is 32.2 Å². The number of likely N-dealkylation sites (N-methyl/N-ethyl adjacent to an activating group) is 1. The predicted octanol–water partition coefficient (Wildman–Crippen LogP) is 0.829. The van der Waals surface area contributed by atoms with E-state index >= 15 is 0 Å². The Kier molecular flexibility index (Phi) is 3.82. The van der Waals surface area contributed by atoms with Crippen LogP contribution < -0.4 is 5.32 Å². The summed E-state index contributed by atoms with van der Waals surface area (Å²) in [6.45, 7) is 6.62. The van der Waals surface area contributed by atoms with Crippen LogP contribution in [0, 0.1) is 0 Å². The van der Waals surface area contributed by atoms with E-state index in [1.165, 1.54) is 12.8 Å². The molecule has 1 aliphatic heterocycles. The van der Waals surface area contributed by atoms with Crippen molar-refractivity contribution in [1.82, 2.24) is 19.8 Å². The third-order valence-corrected chi connectivity index (χ3v) is 3.91. The highest BCUT2D eigenvalue weighted by Crippen LogP contribution is 2.23. The molecule has 108 valence electrons. The van der Waals surface area contributed by atoms with Gasteiger partial charge in [0.15, 0.2) is 0 Å². The fourth-order valence-corrected chi connectivity index (χ4v) is 2.38. The van der Waals surface area contributed by atoms with Gasteiger partial charge in [-0.1, -0.05) is 6.92 Å². The number of hydrogen-bond donors (Lipinski definition) is 1. The average molecular weight is 275 g/mol. The Bertz CT molecular complexity index is 463. The molecule has 1 aromatic heterocycles. The molecule has 1 aromatic rings. The molecule has 2 aliphatic rings. The highest BCUT2D eigenvalue weighted by molar-refractivity contribution is 5.92. The molecular weight excluding hydrogens is 254 g/mol. The normalized spacial score (nSPS) is 19.9. The number of aromatic nitrogens is 2. The van der Waals surface area contributed by atoms with Gasteiger partial charge in [-0.25, -0.2) is 9.97 Å². The summed E-state index contributed by atoms with van der Waals surface area (Å²) < 4.78 is 0. The van der Waals surface area contributed by atoms with Crippen LogP contribution in [-0.4, -0.2) is 64.4 Å². The van der Waals surface area contributed by atoms with Gasteiger partial charge >= 0.3 is 0 Å². The molecule has 6 heteroatoms. The number of nitrogens with one attached hydrogen (secondary N) is 1. The molecule has 2 heterocycles. The predicted molar refractivity (Wildman–Crippen MR) is 76.7 cm³/mol. The minimum atomic E-state index is -0.00812. The summed E-state index contributed by atoms with van der Waals surface area (Å²) in [6, 6.07) is 0.549. The van der Waals surface area contributed by atoms with E-state index in [9.17, 15) is 4.79 Å². The Morgan fingerprint density at radius 1 is 1.25 bits per heavy atom. The SMILES string of the molecule is CCN1CCN(C(=O)c2cnc(NC3CC3)cn2)CC1. The van der Waals surface area contributed by atoms with Crippen molar-refractivity contribution in [3.63, 3.8) is 0 Å². The summed E-state index contributed by atoms with van der Waals surface area (Å²) in [4.78, 5) is 25.1. The van der Waals surface area contributed by atoms with E-state index in [0.717, 1.165) is 38.5 Å². The van der Waals surface area contributed by atoms with Crippen molar-refractivity contribution in [2.75, 3.05) is 38.0 Å². The van der Waals surface area contributed by atoms with Gasteiger partial charge in [0.25, 0.3) is 5.91 Å². The minimum absolute atomic E-state index is 0.00812. The van der Waals surface area contributed by atoms with E-state index in [0.29, 0.717) is 11.7 Å². The van der Waals surface area contributed by atoms with E-state index < -0.39 is 0 Å². The first kappa shape index (κ1) is 13.3. The van der Waals surface area contributed by atoms with Crippen molar-refractivity contribution < 1.29 is 4.79 Å². The third kappa shape index (κ3) is 3.07. The number of hydrogen-bond acceptors (Lipinski definition) is 5. The second-order valence-corrected chi connectivity index (χ2v) is 5.43. The Morgan fingerprint density at radius 3 is 2.55 bits per heavy atom. The van der Waals surface area contributed by atoms with Crippen LogP contribution in [0.1, 0.15) is 30.3 Å². The van der Waals surface area contributed by atoms with Crippen LogP contribution in [0.5, 0.6) is 0 Å². The van der Waals surface area contributed by atoms with Gasteiger partial charge in [-0.05, 0) is 19.4 Å². The summed E-state index contributed by atoms with van der Waals surface area (Å²) in [5.41, 5.74) is 0.441. The van der Waals surface area contributed by atoms with E-state index in [2.05, 4.69) is 27.1 Å². The first-order valence-corrected chi connectivity index (χ1v) is 7.36. The molecule has 0 atom stereocenters. The largest absolute Gasteiger partial charge is 0.366 e. The molecule has 0 spiro atoms. The zero-order valence-electron chi connectivity index (χ0n) is 11.9. The van der Waals surface area contributed by atoms with E-state index in [1.54, 1.807) is 12.4 Å². The van der Waals surface area contributed by atoms with Crippen LogP contribution in [0.4, 0.5) is 5.82 Å². The quantitative estimate of drug-likeness (QED) is 0.882. The van der Waals surface area contributed by atoms with Crippen molar-refractivity contribution in [2.24, 2.45) is 0 Å². The lowest BCUT2D eigenvalue weighted by Gasteiger charge is -2.33. The first-order valence-electron chi connectivity index (χ1n) is 7.36. The van der Waals surface area contributed by atoms with Gasteiger partial charge in [-0.15, -0.1) is 0 Å². The Labute approximate surface area is 119 Å². The monoisotopic (exact) mass is 275 g/mol. The van der Waals surface area contributed by atoms with Gasteiger partial charge < -0.3 is 15.1 Å². The molecule has 3 rings (SSSR count). The van der Waals surface area contributed by atoms with Crippen LogP contribution in [0.15, 0.2) is 12.4 Å². The molecule has 0 aromatic carbocycles. The average Bonchev–Trinajstić information content (AvgIpc) is 3.31. The third-order valence-electron chi connectivity index (χ3n) is 3.91. The molecule has 1 aliphatic carbocycles. The fraction of sp³-hybridized carbons (Fsp3) is 0.643. The molecule has 6 nitrogen and oxygen atoms in total. The number of rotatable bonds is 4. The van der Waals surface area contributed by atoms with Gasteiger partial charge in [0.1, 0.15) is 11.5 Å². The van der Waals surface area contributed by atoms with Crippen molar-refractivity contribution in [3.05, 3.63) is 18.1 Å². The molecule has 0 radical (unpaired) electrons. The number of amides is 1. The maximum Gasteiger partial charge on any atom is 0.274 e. The minimum Gasteiger partial charge on any atom is -0.366 e. The summed E-state index contributed by atoms with van der Waals surface area (Å²) in [5, 5.41) is 3.27. The number of nitrogens with zero attached hydrogens (tertiary/aromatic N) is 4. The molecule has 1 N–H and O–H groups in total. The summed E-state index contributed by atoms with van der Waals surface area (Å²) in [6.07, 6.45) is 5.64. The fourth-order valence-electron chi connectivity index (χ4n) is 2.38. The van der Waals surface area contributed by atoms with Crippen molar-refractivity contribution in [1.29, 1.82) is 0 Å². The zero-order valence-corrected chi connectivity index (χ0v) is 11.9. The smallest absolute Gasteiger partial charge is 0.274 e. The van der Waals surface area contributed by atoms with Gasteiger partial charge in [-0.3, -0.25) is 4.79 Å². The van der Waals surface area contributed by atoms with E-state index in [-0.39, 0.29) is 5.91 Å². The van der Waals surface area contributed by atoms with Crippen molar-refractivity contribution in [2.45, 2.75) is 25.8 Å². The summed E-state index contributed by atoms with van der Waals surface area (Å²) in [7, 11) is 0. The summed E-state index contributed by atoms with van der Waals surface area (Å²) >= 11 is 0. The molecule has 0 unspecified atom stereocenters. The van der Waals surface area contributed by atoms with Crippen LogP contribution in [0.25, 0.3) is 0 Å². The van der Waals surface area contributed by atoms with E-state index in [1.807, 2.05) is 4.90 Å². The molecule has 1 saturated heterocycles. The molecule has 0 bridgehead atoms. The van der Waals surface area contributed by atoms with E-state index in [4.69, 9.17) is 0 Å². The number of piperazine rings is 1. The Hall–Kier alpha value is -1.69. The second-order valence-electron chi connectivity index (χ2n) is 5.43. The number of carbonyl (C=O) groups is 1. The van der Waals surface area contributed by atoms with Gasteiger partial charge in [0.2, 0.25) is 0 Å². The summed E-state index contributed by atoms with van der Waals surface area (Å²) in [5.74, 6) is 0.756. The molecule has 2 fully saturated rings. The topological polar surface area (TPSA) is 61.4 Å². The second kappa shape index (κ2) is 5.75. The molecular formula is C14H21N5O. The van der Waals surface area contributed by atoms with Gasteiger partial charge in [0.05, 0.1) is 12.4 Å². The van der Waals surface area contributed by atoms with Crippen molar-refractivity contribution in [3.8, 4) is 0 Å². The highest BCUT2D eigenvalue weighted by atomic mass is 16.2. The Morgan fingerprint density at radius 2 is 2.00 bits per heavy atom. The molecule has 20 heavy (non-hydrogen) atoms. The first-order chi connectivity index (χ1) is 9.76. The lowest BCUT2D eigenvalue weighted by molar-refractivity contribution is 0.0637. The highest BCUT2D eigenvalue weighted by Gasteiger charge is 2.23. The Balaban J connectivity index is 1.58. The van der Waals surface area contributed by atoms with Crippen LogP contribution in [0.3, 0.4) is 0 Å².